The van der Waals surface area contributed by atoms with Gasteiger partial charge in [0.1, 0.15) is 0 Å². The van der Waals surface area contributed by atoms with Gasteiger partial charge in [0.05, 0.1) is 5.75 Å². The first-order chi connectivity index (χ1) is 8.68. The molecule has 0 aliphatic carbocycles. The highest BCUT2D eigenvalue weighted by molar-refractivity contribution is 8.00. The molecule has 0 atom stereocenters. The number of hydrogen-bond acceptors (Lipinski definition) is 4. The summed E-state index contributed by atoms with van der Waals surface area (Å²) in [5.41, 5.74) is 6.31. The van der Waals surface area contributed by atoms with Crippen LogP contribution in [0.1, 0.15) is 20.8 Å². The third-order valence-corrected chi connectivity index (χ3v) is 4.88. The number of anilines is 1. The molecule has 19 heavy (non-hydrogen) atoms. The van der Waals surface area contributed by atoms with Gasteiger partial charge >= 0.3 is 0 Å². The molecule has 0 saturated heterocycles. The summed E-state index contributed by atoms with van der Waals surface area (Å²) in [6.07, 6.45) is 0. The van der Waals surface area contributed by atoms with Crippen LogP contribution in [0.25, 0.3) is 0 Å². The quantitative estimate of drug-likeness (QED) is 0.625. The molecule has 0 bridgehead atoms. The lowest BCUT2D eigenvalue weighted by Crippen LogP contribution is -2.34. The molecule has 3 N–H and O–H groups in total. The van der Waals surface area contributed by atoms with Crippen molar-refractivity contribution in [2.75, 3.05) is 23.8 Å². The van der Waals surface area contributed by atoms with Gasteiger partial charge in [0.2, 0.25) is 10.0 Å². The second-order valence-electron chi connectivity index (χ2n) is 5.62. The summed E-state index contributed by atoms with van der Waals surface area (Å²) in [6, 6.07) is 7.45. The number of hydrogen-bond donors (Lipinski definition) is 2. The molecule has 0 aliphatic heterocycles. The largest absolute Gasteiger partial charge is 0.399 e. The number of sulfonamides is 1. The van der Waals surface area contributed by atoms with Crippen LogP contribution in [-0.2, 0) is 10.0 Å². The van der Waals surface area contributed by atoms with E-state index in [1.54, 1.807) is 0 Å². The van der Waals surface area contributed by atoms with Crippen LogP contribution in [0.15, 0.2) is 29.2 Å². The highest BCUT2D eigenvalue weighted by Crippen LogP contribution is 2.20. The Kier molecular flexibility index (Phi) is 5.70. The number of thioether (sulfide) groups is 1. The standard InChI is InChI=1S/C13H22N2O2S2/c1-13(2,3)10-15-19(16,17)8-7-18-12-6-4-5-11(14)9-12/h4-6,9,15H,7-8,10,14H2,1-3H3. The fourth-order valence-electron chi connectivity index (χ4n) is 1.27. The minimum Gasteiger partial charge on any atom is -0.399 e. The van der Waals surface area contributed by atoms with Crippen LogP contribution < -0.4 is 10.5 Å². The Hall–Kier alpha value is -0.720. The molecule has 1 aromatic carbocycles. The molecule has 0 spiro atoms. The lowest BCUT2D eigenvalue weighted by Gasteiger charge is -2.18. The van der Waals surface area contributed by atoms with Gasteiger partial charge in [-0.1, -0.05) is 26.8 Å². The Morgan fingerprint density at radius 2 is 2.00 bits per heavy atom. The second-order valence-corrected chi connectivity index (χ2v) is 8.72. The van der Waals surface area contributed by atoms with Gasteiger partial charge in [0.25, 0.3) is 0 Å². The molecule has 0 aliphatic rings. The van der Waals surface area contributed by atoms with Gasteiger partial charge < -0.3 is 5.73 Å². The average molecular weight is 302 g/mol. The van der Waals surface area contributed by atoms with Gasteiger partial charge in [0.15, 0.2) is 0 Å². The Morgan fingerprint density at radius 3 is 2.58 bits per heavy atom. The van der Waals surface area contributed by atoms with E-state index < -0.39 is 10.0 Å². The van der Waals surface area contributed by atoms with E-state index in [0.29, 0.717) is 18.0 Å². The average Bonchev–Trinajstić information content (AvgIpc) is 2.26. The van der Waals surface area contributed by atoms with E-state index in [0.717, 1.165) is 4.90 Å². The highest BCUT2D eigenvalue weighted by Gasteiger charge is 2.16. The zero-order chi connectivity index (χ0) is 14.5. The highest BCUT2D eigenvalue weighted by atomic mass is 32.2. The molecular formula is C13H22N2O2S2. The van der Waals surface area contributed by atoms with Crippen molar-refractivity contribution in [2.45, 2.75) is 25.7 Å². The lowest BCUT2D eigenvalue weighted by atomic mass is 9.98. The summed E-state index contributed by atoms with van der Waals surface area (Å²) in [5.74, 6) is 0.630. The van der Waals surface area contributed by atoms with Gasteiger partial charge in [-0.15, -0.1) is 11.8 Å². The number of nitrogens with one attached hydrogen (secondary N) is 1. The van der Waals surface area contributed by atoms with Crippen molar-refractivity contribution in [1.29, 1.82) is 0 Å². The molecule has 0 saturated carbocycles. The molecule has 0 fully saturated rings. The van der Waals surface area contributed by atoms with E-state index >= 15 is 0 Å². The first-order valence-electron chi connectivity index (χ1n) is 6.14. The molecule has 4 nitrogen and oxygen atoms in total. The van der Waals surface area contributed by atoms with Crippen LogP contribution in [0.2, 0.25) is 0 Å². The van der Waals surface area contributed by atoms with E-state index in [1.807, 2.05) is 45.0 Å². The van der Waals surface area contributed by atoms with E-state index in [9.17, 15) is 8.42 Å². The maximum absolute atomic E-state index is 11.8. The Balaban J connectivity index is 2.40. The van der Waals surface area contributed by atoms with Crippen molar-refractivity contribution in [1.82, 2.24) is 4.72 Å². The van der Waals surface area contributed by atoms with Gasteiger partial charge in [-0.25, -0.2) is 13.1 Å². The van der Waals surface area contributed by atoms with Crippen molar-refractivity contribution >= 4 is 27.5 Å². The van der Waals surface area contributed by atoms with Gasteiger partial charge in [-0.2, -0.15) is 0 Å². The Labute approximate surface area is 120 Å². The molecule has 1 aromatic rings. The van der Waals surface area contributed by atoms with Crippen LogP contribution in [0.3, 0.4) is 0 Å². The van der Waals surface area contributed by atoms with E-state index in [1.165, 1.54) is 11.8 Å². The topological polar surface area (TPSA) is 72.2 Å². The molecule has 0 aromatic heterocycles. The van der Waals surface area contributed by atoms with E-state index in [4.69, 9.17) is 5.73 Å². The van der Waals surface area contributed by atoms with E-state index in [-0.39, 0.29) is 11.2 Å². The van der Waals surface area contributed by atoms with Gasteiger partial charge in [0, 0.05) is 22.9 Å². The summed E-state index contributed by atoms with van der Waals surface area (Å²) in [6.45, 7) is 6.45. The van der Waals surface area contributed by atoms with Crippen LogP contribution in [0.4, 0.5) is 5.69 Å². The van der Waals surface area contributed by atoms with Crippen LogP contribution in [0.5, 0.6) is 0 Å². The summed E-state index contributed by atoms with van der Waals surface area (Å²) < 4.78 is 26.2. The smallest absolute Gasteiger partial charge is 0.212 e. The summed E-state index contributed by atoms with van der Waals surface area (Å²) in [7, 11) is -3.20. The molecule has 0 heterocycles. The molecule has 0 amide bonds. The van der Waals surface area contributed by atoms with E-state index in [2.05, 4.69) is 4.72 Å². The molecular weight excluding hydrogens is 280 g/mol. The summed E-state index contributed by atoms with van der Waals surface area (Å²) >= 11 is 1.50. The third kappa shape index (κ3) is 7.44. The van der Waals surface area contributed by atoms with Crippen molar-refractivity contribution in [3.05, 3.63) is 24.3 Å². The molecule has 1 rings (SSSR count). The molecule has 0 radical (unpaired) electrons. The minimum atomic E-state index is -3.20. The maximum Gasteiger partial charge on any atom is 0.212 e. The first-order valence-corrected chi connectivity index (χ1v) is 8.77. The van der Waals surface area contributed by atoms with Crippen LogP contribution in [-0.4, -0.2) is 26.5 Å². The third-order valence-electron chi connectivity index (χ3n) is 2.30. The van der Waals surface area contributed by atoms with Crippen molar-refractivity contribution < 1.29 is 8.42 Å². The number of nitrogens with two attached hydrogens (primary N) is 1. The van der Waals surface area contributed by atoms with Gasteiger partial charge in [-0.05, 0) is 23.6 Å². The lowest BCUT2D eigenvalue weighted by molar-refractivity contribution is 0.408. The predicted molar refractivity (Wildman–Crippen MR) is 82.8 cm³/mol. The van der Waals surface area contributed by atoms with Crippen LogP contribution >= 0.6 is 11.8 Å². The monoisotopic (exact) mass is 302 g/mol. The fourth-order valence-corrected chi connectivity index (χ4v) is 3.91. The molecule has 108 valence electrons. The van der Waals surface area contributed by atoms with Crippen molar-refractivity contribution in [3.8, 4) is 0 Å². The zero-order valence-electron chi connectivity index (χ0n) is 11.6. The normalized spacial score (nSPS) is 12.6. The minimum absolute atomic E-state index is 0.0475. The molecule has 0 unspecified atom stereocenters. The Morgan fingerprint density at radius 1 is 1.32 bits per heavy atom. The predicted octanol–water partition coefficient (Wildman–Crippen LogP) is 2.33. The SMILES string of the molecule is CC(C)(C)CNS(=O)(=O)CCSc1cccc(N)c1. The maximum atomic E-state index is 11.8. The molecule has 6 heteroatoms. The summed E-state index contributed by atoms with van der Waals surface area (Å²) in [4.78, 5) is 0.992. The number of rotatable bonds is 6. The first kappa shape index (κ1) is 16.3. The zero-order valence-corrected chi connectivity index (χ0v) is 13.3. The van der Waals surface area contributed by atoms with Crippen molar-refractivity contribution in [2.24, 2.45) is 5.41 Å². The summed E-state index contributed by atoms with van der Waals surface area (Å²) in [5, 5.41) is 0. The van der Waals surface area contributed by atoms with Crippen LogP contribution in [0, 0.1) is 5.41 Å². The number of benzene rings is 1. The fraction of sp³-hybridized carbons (Fsp3) is 0.538. The van der Waals surface area contributed by atoms with Gasteiger partial charge in [-0.3, -0.25) is 0 Å². The number of nitrogen functional groups attached to an aromatic ring is 1. The second kappa shape index (κ2) is 6.63. The Bertz CT molecular complexity index is 508. The van der Waals surface area contributed by atoms with Crippen molar-refractivity contribution in [3.63, 3.8) is 0 Å².